The van der Waals surface area contributed by atoms with Crippen LogP contribution >= 0.6 is 24.0 Å². The van der Waals surface area contributed by atoms with Crippen molar-refractivity contribution in [3.8, 4) is 0 Å². The summed E-state index contributed by atoms with van der Waals surface area (Å²) in [6.07, 6.45) is 3.88. The van der Waals surface area contributed by atoms with Gasteiger partial charge in [-0.3, -0.25) is 9.67 Å². The quantitative estimate of drug-likeness (QED) is 0.400. The maximum atomic E-state index is 5.92. The molecule has 8 heteroatoms. The lowest BCUT2D eigenvalue weighted by Crippen LogP contribution is -2.48. The van der Waals surface area contributed by atoms with Crippen molar-refractivity contribution in [3.63, 3.8) is 0 Å². The number of hydrogen-bond acceptors (Lipinski definition) is 4. The second kappa shape index (κ2) is 10.6. The van der Waals surface area contributed by atoms with Crippen molar-refractivity contribution in [2.45, 2.75) is 19.3 Å². The third-order valence-electron chi connectivity index (χ3n) is 4.53. The Kier molecular flexibility index (Phi) is 8.52. The van der Waals surface area contributed by atoms with Gasteiger partial charge in [-0.05, 0) is 11.1 Å². The highest BCUT2D eigenvalue weighted by Gasteiger charge is 2.25. The minimum atomic E-state index is 0. The molecule has 0 saturated carbocycles. The van der Waals surface area contributed by atoms with Crippen molar-refractivity contribution in [1.29, 1.82) is 0 Å². The van der Waals surface area contributed by atoms with Gasteiger partial charge in [-0.15, -0.1) is 24.0 Å². The number of morpholine rings is 1. The lowest BCUT2D eigenvalue weighted by Gasteiger charge is -2.34. The zero-order valence-electron chi connectivity index (χ0n) is 16.1. The zero-order valence-corrected chi connectivity index (χ0v) is 18.4. The van der Waals surface area contributed by atoms with Crippen LogP contribution in [0.2, 0.25) is 0 Å². The molecule has 1 saturated heterocycles. The van der Waals surface area contributed by atoms with Crippen LogP contribution in [0.5, 0.6) is 0 Å². The molecule has 7 nitrogen and oxygen atoms in total. The van der Waals surface area contributed by atoms with E-state index in [1.54, 1.807) is 11.8 Å². The molecule has 0 aliphatic carbocycles. The standard InChI is InChI=1S/C19H27N5O2.HI/c1-20-19(21-10-15-6-4-5-7-16(15)14-25-3)24-8-9-26-18(13-24)17-11-22-23(2)12-17;/h4-7,11-12,18H,8-10,13-14H2,1-3H3,(H,20,21);1H. The largest absolute Gasteiger partial charge is 0.380 e. The highest BCUT2D eigenvalue weighted by Crippen LogP contribution is 2.21. The third kappa shape index (κ3) is 5.66. The molecule has 1 aliphatic heterocycles. The first-order chi connectivity index (χ1) is 12.7. The van der Waals surface area contributed by atoms with Crippen LogP contribution in [0.3, 0.4) is 0 Å². The van der Waals surface area contributed by atoms with Crippen molar-refractivity contribution < 1.29 is 9.47 Å². The van der Waals surface area contributed by atoms with E-state index in [0.717, 1.165) is 24.6 Å². The molecule has 2 heterocycles. The fourth-order valence-corrected chi connectivity index (χ4v) is 3.18. The molecule has 1 aliphatic rings. The predicted octanol–water partition coefficient (Wildman–Crippen LogP) is 2.33. The van der Waals surface area contributed by atoms with Crippen molar-refractivity contribution in [3.05, 3.63) is 53.3 Å². The van der Waals surface area contributed by atoms with Crippen LogP contribution in [0.1, 0.15) is 22.8 Å². The molecule has 148 valence electrons. The second-order valence-corrected chi connectivity index (χ2v) is 6.36. The molecule has 1 fully saturated rings. The summed E-state index contributed by atoms with van der Waals surface area (Å²) in [5.41, 5.74) is 3.50. The van der Waals surface area contributed by atoms with Gasteiger partial charge in [0.2, 0.25) is 0 Å². The van der Waals surface area contributed by atoms with Crippen LogP contribution in [0.25, 0.3) is 0 Å². The Morgan fingerprint density at radius 3 is 2.81 bits per heavy atom. The lowest BCUT2D eigenvalue weighted by molar-refractivity contribution is -0.00805. The Hall–Kier alpha value is -1.65. The lowest BCUT2D eigenvalue weighted by atomic mass is 10.1. The maximum Gasteiger partial charge on any atom is 0.194 e. The van der Waals surface area contributed by atoms with E-state index < -0.39 is 0 Å². The van der Waals surface area contributed by atoms with Crippen LogP contribution < -0.4 is 5.32 Å². The van der Waals surface area contributed by atoms with Crippen LogP contribution in [0, 0.1) is 0 Å². The van der Waals surface area contributed by atoms with E-state index in [2.05, 4.69) is 32.4 Å². The summed E-state index contributed by atoms with van der Waals surface area (Å²) in [7, 11) is 5.45. The molecule has 0 bridgehead atoms. The highest BCUT2D eigenvalue weighted by molar-refractivity contribution is 14.0. The molecule has 1 N–H and O–H groups in total. The van der Waals surface area contributed by atoms with Crippen LogP contribution in [0.15, 0.2) is 41.7 Å². The monoisotopic (exact) mass is 485 g/mol. The van der Waals surface area contributed by atoms with E-state index >= 15 is 0 Å². The fourth-order valence-electron chi connectivity index (χ4n) is 3.18. The number of hydrogen-bond donors (Lipinski definition) is 1. The average molecular weight is 485 g/mol. The van der Waals surface area contributed by atoms with Gasteiger partial charge < -0.3 is 19.7 Å². The zero-order chi connectivity index (χ0) is 18.4. The topological polar surface area (TPSA) is 63.9 Å². The molecule has 2 aromatic rings. The number of methoxy groups -OCH3 is 1. The molecule has 1 aromatic carbocycles. The molecular formula is C19H28IN5O2. The molecule has 1 aromatic heterocycles. The van der Waals surface area contributed by atoms with Crippen LogP contribution in [-0.2, 0) is 29.7 Å². The van der Waals surface area contributed by atoms with E-state index in [1.165, 1.54) is 11.1 Å². The van der Waals surface area contributed by atoms with E-state index in [4.69, 9.17) is 9.47 Å². The highest BCUT2D eigenvalue weighted by atomic mass is 127. The van der Waals surface area contributed by atoms with Crippen LogP contribution in [-0.4, -0.2) is 54.5 Å². The van der Waals surface area contributed by atoms with E-state index in [0.29, 0.717) is 19.8 Å². The summed E-state index contributed by atoms with van der Waals surface area (Å²) in [5, 5.41) is 7.72. The Morgan fingerprint density at radius 2 is 2.15 bits per heavy atom. The first kappa shape index (κ1) is 21.6. The minimum Gasteiger partial charge on any atom is -0.380 e. The third-order valence-corrected chi connectivity index (χ3v) is 4.53. The SMILES string of the molecule is CN=C(NCc1ccccc1COC)N1CCOC(c2cnn(C)c2)C1.I. The van der Waals surface area contributed by atoms with Crippen molar-refractivity contribution in [2.24, 2.45) is 12.0 Å². The molecule has 0 radical (unpaired) electrons. The number of rotatable bonds is 5. The van der Waals surface area contributed by atoms with Gasteiger partial charge in [0.05, 0.1) is 26.0 Å². The normalized spacial score (nSPS) is 17.5. The van der Waals surface area contributed by atoms with Gasteiger partial charge in [-0.25, -0.2) is 0 Å². The van der Waals surface area contributed by atoms with Gasteiger partial charge in [0.15, 0.2) is 5.96 Å². The number of halogens is 1. The van der Waals surface area contributed by atoms with Gasteiger partial charge in [-0.1, -0.05) is 24.3 Å². The van der Waals surface area contributed by atoms with E-state index in [-0.39, 0.29) is 30.1 Å². The average Bonchev–Trinajstić information content (AvgIpc) is 3.10. The summed E-state index contributed by atoms with van der Waals surface area (Å²) in [4.78, 5) is 6.70. The van der Waals surface area contributed by atoms with Gasteiger partial charge in [0.25, 0.3) is 0 Å². The first-order valence-corrected chi connectivity index (χ1v) is 8.82. The summed E-state index contributed by atoms with van der Waals surface area (Å²) in [5.74, 6) is 0.884. The number of aliphatic imine (C=N–C) groups is 1. The van der Waals surface area contributed by atoms with Crippen molar-refractivity contribution in [2.75, 3.05) is 33.9 Å². The minimum absolute atomic E-state index is 0. The molecular weight excluding hydrogens is 457 g/mol. The number of ether oxygens (including phenoxy) is 2. The Bertz CT molecular complexity index is 749. The predicted molar refractivity (Wildman–Crippen MR) is 116 cm³/mol. The van der Waals surface area contributed by atoms with E-state index in [9.17, 15) is 0 Å². The van der Waals surface area contributed by atoms with Crippen molar-refractivity contribution >= 4 is 29.9 Å². The summed E-state index contributed by atoms with van der Waals surface area (Å²) >= 11 is 0. The summed E-state index contributed by atoms with van der Waals surface area (Å²) < 4.78 is 13.0. The smallest absolute Gasteiger partial charge is 0.194 e. The Morgan fingerprint density at radius 1 is 1.37 bits per heavy atom. The molecule has 1 atom stereocenters. The van der Waals surface area contributed by atoms with Gasteiger partial charge in [-0.2, -0.15) is 5.10 Å². The number of guanidine groups is 1. The Labute approximate surface area is 177 Å². The maximum absolute atomic E-state index is 5.92. The van der Waals surface area contributed by atoms with Crippen molar-refractivity contribution in [1.82, 2.24) is 20.0 Å². The summed E-state index contributed by atoms with van der Waals surface area (Å²) in [6, 6.07) is 8.29. The number of nitrogens with one attached hydrogen (secondary N) is 1. The molecule has 0 spiro atoms. The molecule has 0 amide bonds. The van der Waals surface area contributed by atoms with Gasteiger partial charge in [0.1, 0.15) is 6.10 Å². The number of nitrogens with zero attached hydrogens (tertiary/aromatic N) is 4. The molecule has 1 unspecified atom stereocenters. The van der Waals surface area contributed by atoms with Gasteiger partial charge >= 0.3 is 0 Å². The Balaban J connectivity index is 0.00000261. The van der Waals surface area contributed by atoms with E-state index in [1.807, 2.05) is 38.6 Å². The number of aryl methyl sites for hydroxylation is 1. The van der Waals surface area contributed by atoms with Gasteiger partial charge in [0, 0.05) is 46.1 Å². The second-order valence-electron chi connectivity index (χ2n) is 6.36. The number of benzene rings is 1. The molecule has 27 heavy (non-hydrogen) atoms. The molecule has 3 rings (SSSR count). The van der Waals surface area contributed by atoms with Crippen LogP contribution in [0.4, 0.5) is 0 Å². The number of aromatic nitrogens is 2. The summed E-state index contributed by atoms with van der Waals surface area (Å²) in [6.45, 7) is 3.56. The first-order valence-electron chi connectivity index (χ1n) is 8.82. The fraction of sp³-hybridized carbons (Fsp3) is 0.474.